The van der Waals surface area contributed by atoms with Gasteiger partial charge in [0.1, 0.15) is 0 Å². The summed E-state index contributed by atoms with van der Waals surface area (Å²) in [6.07, 6.45) is 0. The smallest absolute Gasteiger partial charge is 0.267 e. The molecular weight excluding hydrogens is 776 g/mol. The molecule has 2 saturated heterocycles. The summed E-state index contributed by atoms with van der Waals surface area (Å²) in [5, 5.41) is 5.68. The maximum atomic E-state index is 14.0. The van der Waals surface area contributed by atoms with Gasteiger partial charge in [0.05, 0.1) is 22.7 Å². The summed E-state index contributed by atoms with van der Waals surface area (Å²) in [6, 6.07) is 39.2. The first-order valence-electron chi connectivity index (χ1n) is 15.4. The minimum atomic E-state index is -0.392. The average Bonchev–Trinajstić information content (AvgIpc) is 3.18. The molecule has 2 N–H and O–H groups in total. The van der Waals surface area contributed by atoms with Gasteiger partial charge >= 0.3 is 0 Å². The summed E-state index contributed by atoms with van der Waals surface area (Å²) in [5.41, 5.74) is 9.57. The van der Waals surface area contributed by atoms with Gasteiger partial charge < -0.3 is 0 Å². The normalized spacial score (nSPS) is 17.7. The minimum absolute atomic E-state index is 0.322. The van der Waals surface area contributed by atoms with E-state index in [0.29, 0.717) is 64.6 Å². The fourth-order valence-electron chi connectivity index (χ4n) is 4.56. The number of hydrazine groups is 2. The highest BCUT2D eigenvalue weighted by Gasteiger charge is 2.31. The highest BCUT2D eigenvalue weighted by atomic mass is 35.5. The van der Waals surface area contributed by atoms with E-state index in [9.17, 15) is 9.59 Å². The molecule has 258 valence electrons. The third kappa shape index (κ3) is 9.02. The Bertz CT molecular complexity index is 2050. The monoisotopic (exact) mass is 798 g/mol. The summed E-state index contributed by atoms with van der Waals surface area (Å²) >= 11 is 12.1. The number of hydrogen-bond donors (Lipinski definition) is 2. The zero-order valence-corrected chi connectivity index (χ0v) is 31.4. The van der Waals surface area contributed by atoms with Crippen LogP contribution in [0.15, 0.2) is 153 Å². The SMILES string of the molecule is O=C(c1ccc(C(=O)N2NC(=Nc3ccc(Cl)cc3)SSC2=Nc2ccccc2)cc1)N1NC(=Nc2ccc(Cl)cc2)SSC1=Nc1ccccc1. The van der Waals surface area contributed by atoms with E-state index >= 15 is 0 Å². The Labute approximate surface area is 324 Å². The third-order valence-electron chi connectivity index (χ3n) is 7.05. The minimum Gasteiger partial charge on any atom is -0.267 e. The molecule has 0 aliphatic carbocycles. The van der Waals surface area contributed by atoms with Crippen LogP contribution in [-0.4, -0.2) is 42.5 Å². The van der Waals surface area contributed by atoms with E-state index in [1.54, 1.807) is 72.8 Å². The van der Waals surface area contributed by atoms with E-state index in [2.05, 4.69) is 20.8 Å². The molecule has 0 radical (unpaired) electrons. The molecule has 5 aromatic rings. The van der Waals surface area contributed by atoms with E-state index in [-0.39, 0.29) is 0 Å². The maximum absolute atomic E-state index is 14.0. The maximum Gasteiger partial charge on any atom is 0.278 e. The molecular formula is C36H24Cl2N8O2S4. The Balaban J connectivity index is 1.15. The molecule has 16 heteroatoms. The van der Waals surface area contributed by atoms with E-state index < -0.39 is 11.8 Å². The Hall–Kier alpha value is -4.70. The molecule has 0 unspecified atom stereocenters. The van der Waals surface area contributed by atoms with Crippen molar-refractivity contribution in [1.82, 2.24) is 20.9 Å². The lowest BCUT2D eigenvalue weighted by Crippen LogP contribution is -2.50. The van der Waals surface area contributed by atoms with Crippen molar-refractivity contribution in [3.8, 4) is 0 Å². The first-order chi connectivity index (χ1) is 25.4. The quantitative estimate of drug-likeness (QED) is 0.163. The van der Waals surface area contributed by atoms with Gasteiger partial charge in [0.25, 0.3) is 11.8 Å². The molecule has 2 fully saturated rings. The Kier molecular flexibility index (Phi) is 11.5. The number of carbonyl (C=O) groups is 2. The highest BCUT2D eigenvalue weighted by molar-refractivity contribution is 8.87. The van der Waals surface area contributed by atoms with Gasteiger partial charge in [-0.1, -0.05) is 59.6 Å². The standard InChI is InChI=1S/C36H24Cl2N8O2S4/c37-25-15-19-29(20-16-25)39-33-43-45(35(51-49-33)41-27-7-3-1-4-8-27)31(47)23-11-13-24(14-12-23)32(48)46-36(42-28-9-5-2-6-10-28)52-50-34(44-46)40-30-21-17-26(38)18-22-30/h1-22H,(H,39,43)(H,40,44). The van der Waals surface area contributed by atoms with Crippen LogP contribution < -0.4 is 10.9 Å². The summed E-state index contributed by atoms with van der Waals surface area (Å²) in [7, 11) is 5.27. The molecule has 2 amide bonds. The first kappa shape index (κ1) is 35.7. The molecule has 5 aromatic carbocycles. The van der Waals surface area contributed by atoms with Gasteiger partial charge in [0.15, 0.2) is 10.3 Å². The Morgan fingerprint density at radius 1 is 0.442 bits per heavy atom. The fourth-order valence-corrected chi connectivity index (χ4v) is 8.39. The summed E-state index contributed by atoms with van der Waals surface area (Å²) < 4.78 is 0. The zero-order chi connectivity index (χ0) is 35.9. The number of nitrogens with zero attached hydrogens (tertiary/aromatic N) is 6. The van der Waals surface area contributed by atoms with Gasteiger partial charge in [-0.15, -0.1) is 0 Å². The summed E-state index contributed by atoms with van der Waals surface area (Å²) in [6.45, 7) is 0. The number of amidine groups is 4. The Morgan fingerprint density at radius 3 is 1.15 bits per heavy atom. The van der Waals surface area contributed by atoms with Crippen LogP contribution in [0.4, 0.5) is 22.7 Å². The molecule has 0 spiro atoms. The van der Waals surface area contributed by atoms with Crippen LogP contribution in [0.25, 0.3) is 0 Å². The fraction of sp³-hybridized carbons (Fsp3) is 0. The lowest BCUT2D eigenvalue weighted by Gasteiger charge is -2.30. The molecule has 2 heterocycles. The van der Waals surface area contributed by atoms with Crippen LogP contribution in [0.2, 0.25) is 10.0 Å². The van der Waals surface area contributed by atoms with E-state index in [4.69, 9.17) is 33.2 Å². The molecule has 52 heavy (non-hydrogen) atoms. The molecule has 7 rings (SSSR count). The van der Waals surface area contributed by atoms with Crippen molar-refractivity contribution in [3.05, 3.63) is 155 Å². The molecule has 0 atom stereocenters. The number of halogens is 2. The number of para-hydroxylation sites is 2. The second kappa shape index (κ2) is 16.8. The number of rotatable bonds is 6. The van der Waals surface area contributed by atoms with Crippen LogP contribution >= 0.6 is 66.4 Å². The number of nitrogens with one attached hydrogen (secondary N) is 2. The van der Waals surface area contributed by atoms with Gasteiger partial charge in [-0.3, -0.25) is 20.4 Å². The van der Waals surface area contributed by atoms with Crippen LogP contribution in [0.1, 0.15) is 20.7 Å². The first-order valence-corrected chi connectivity index (χ1v) is 20.4. The van der Waals surface area contributed by atoms with E-state index in [1.165, 1.54) is 53.2 Å². The molecule has 0 bridgehead atoms. The van der Waals surface area contributed by atoms with Crippen LogP contribution in [-0.2, 0) is 0 Å². The van der Waals surface area contributed by atoms with Crippen molar-refractivity contribution >= 4 is 122 Å². The lowest BCUT2D eigenvalue weighted by atomic mass is 10.1. The average molecular weight is 800 g/mol. The molecule has 2 aliphatic heterocycles. The number of aliphatic imine (C=N–C) groups is 4. The van der Waals surface area contributed by atoms with Crippen molar-refractivity contribution in [2.75, 3.05) is 0 Å². The molecule has 10 nitrogen and oxygen atoms in total. The van der Waals surface area contributed by atoms with Gasteiger partial charge in [0.2, 0.25) is 10.3 Å². The van der Waals surface area contributed by atoms with Crippen molar-refractivity contribution < 1.29 is 9.59 Å². The highest BCUT2D eigenvalue weighted by Crippen LogP contribution is 2.35. The Morgan fingerprint density at radius 2 is 0.788 bits per heavy atom. The van der Waals surface area contributed by atoms with Crippen molar-refractivity contribution in [3.63, 3.8) is 0 Å². The number of benzene rings is 5. The molecule has 0 saturated carbocycles. The predicted octanol–water partition coefficient (Wildman–Crippen LogP) is 10.4. The van der Waals surface area contributed by atoms with Crippen LogP contribution in [0, 0.1) is 0 Å². The van der Waals surface area contributed by atoms with Crippen molar-refractivity contribution in [1.29, 1.82) is 0 Å². The largest absolute Gasteiger partial charge is 0.278 e. The van der Waals surface area contributed by atoms with Gasteiger partial charge in [-0.25, -0.2) is 20.0 Å². The second-order valence-corrected chi connectivity index (χ2v) is 15.7. The topological polar surface area (TPSA) is 114 Å². The molecule has 0 aromatic heterocycles. The van der Waals surface area contributed by atoms with Gasteiger partial charge in [-0.2, -0.15) is 10.0 Å². The zero-order valence-electron chi connectivity index (χ0n) is 26.6. The van der Waals surface area contributed by atoms with E-state index in [1.807, 2.05) is 60.7 Å². The van der Waals surface area contributed by atoms with Crippen LogP contribution in [0.3, 0.4) is 0 Å². The van der Waals surface area contributed by atoms with Crippen molar-refractivity contribution in [2.24, 2.45) is 20.0 Å². The molecule has 2 aliphatic rings. The van der Waals surface area contributed by atoms with Gasteiger partial charge in [0, 0.05) is 21.2 Å². The summed E-state index contributed by atoms with van der Waals surface area (Å²) in [5.74, 6) is -0.783. The third-order valence-corrected chi connectivity index (χ3v) is 11.6. The van der Waals surface area contributed by atoms with Crippen LogP contribution in [0.5, 0.6) is 0 Å². The number of amides is 2. The van der Waals surface area contributed by atoms with Crippen molar-refractivity contribution in [2.45, 2.75) is 0 Å². The number of hydrogen-bond acceptors (Lipinski definition) is 10. The second-order valence-electron chi connectivity index (χ2n) is 10.7. The lowest BCUT2D eigenvalue weighted by molar-refractivity contribution is 0.0814. The van der Waals surface area contributed by atoms with Gasteiger partial charge in [-0.05, 0) is 140 Å². The predicted molar refractivity (Wildman–Crippen MR) is 220 cm³/mol. The number of carbonyl (C=O) groups excluding carboxylic acids is 2. The summed E-state index contributed by atoms with van der Waals surface area (Å²) in [4.78, 5) is 46.8. The van der Waals surface area contributed by atoms with E-state index in [0.717, 1.165) is 0 Å².